The Hall–Kier alpha value is -1.94. The average Bonchev–Trinajstić information content (AvgIpc) is 2.92. The van der Waals surface area contributed by atoms with Crippen LogP contribution in [-0.4, -0.2) is 34.2 Å². The first-order valence-corrected chi connectivity index (χ1v) is 7.09. The minimum Gasteiger partial charge on any atom is -0.390 e. The van der Waals surface area contributed by atoms with Crippen LogP contribution in [0.3, 0.4) is 0 Å². The largest absolute Gasteiger partial charge is 0.433 e. The van der Waals surface area contributed by atoms with Crippen molar-refractivity contribution in [3.8, 4) is 0 Å². The van der Waals surface area contributed by atoms with Crippen molar-refractivity contribution < 1.29 is 18.3 Å². The molecule has 0 aliphatic rings. The first-order valence-electron chi connectivity index (χ1n) is 6.21. The molecule has 2 aromatic rings. The lowest BCUT2D eigenvalue weighted by Crippen LogP contribution is -2.17. The molecule has 0 bridgehead atoms. The number of aromatic nitrogens is 3. The molecule has 0 radical (unpaired) electrons. The van der Waals surface area contributed by atoms with E-state index in [1.54, 1.807) is 19.5 Å². The van der Waals surface area contributed by atoms with Crippen LogP contribution in [0.1, 0.15) is 16.4 Å². The van der Waals surface area contributed by atoms with E-state index in [9.17, 15) is 13.2 Å². The van der Waals surface area contributed by atoms with Crippen molar-refractivity contribution in [1.82, 2.24) is 15.0 Å². The summed E-state index contributed by atoms with van der Waals surface area (Å²) in [5, 5.41) is 13.9. The summed E-state index contributed by atoms with van der Waals surface area (Å²) in [7, 11) is 3.20. The van der Waals surface area contributed by atoms with Crippen molar-refractivity contribution in [2.45, 2.75) is 19.3 Å². The second-order valence-corrected chi connectivity index (χ2v) is 5.51. The minimum atomic E-state index is -4.55. The number of aliphatic hydroxyl groups is 1. The number of alkyl halides is 3. The molecule has 0 aromatic carbocycles. The van der Waals surface area contributed by atoms with Gasteiger partial charge in [-0.05, 0) is 0 Å². The lowest BCUT2D eigenvalue weighted by atomic mass is 10.3. The van der Waals surface area contributed by atoms with Gasteiger partial charge in [-0.3, -0.25) is 0 Å². The van der Waals surface area contributed by atoms with Gasteiger partial charge < -0.3 is 15.3 Å². The molecule has 120 valence electrons. The summed E-state index contributed by atoms with van der Waals surface area (Å²) in [5.74, 6) is 0.0271. The molecule has 6 nitrogen and oxygen atoms in total. The number of aliphatic hydroxyl groups excluding tert-OH is 1. The SMILES string of the molecule is CN(C)c1cc(C(F)(F)F)nc(NCc2nc(CO)cs2)n1. The van der Waals surface area contributed by atoms with Crippen LogP contribution in [0.15, 0.2) is 11.4 Å². The molecule has 0 saturated carbocycles. The van der Waals surface area contributed by atoms with Gasteiger partial charge in [-0.1, -0.05) is 0 Å². The van der Waals surface area contributed by atoms with Gasteiger partial charge in [0.05, 0.1) is 18.8 Å². The van der Waals surface area contributed by atoms with Gasteiger partial charge in [0.1, 0.15) is 10.8 Å². The van der Waals surface area contributed by atoms with Crippen LogP contribution in [0, 0.1) is 0 Å². The Balaban J connectivity index is 2.20. The number of nitrogens with zero attached hydrogens (tertiary/aromatic N) is 4. The van der Waals surface area contributed by atoms with Crippen LogP contribution in [0.4, 0.5) is 24.9 Å². The molecule has 0 fully saturated rings. The topological polar surface area (TPSA) is 74.2 Å². The monoisotopic (exact) mass is 333 g/mol. The summed E-state index contributed by atoms with van der Waals surface area (Å²) < 4.78 is 38.5. The molecule has 0 spiro atoms. The molecule has 2 aromatic heterocycles. The first-order chi connectivity index (χ1) is 10.3. The molecule has 0 amide bonds. The highest BCUT2D eigenvalue weighted by atomic mass is 32.1. The van der Waals surface area contributed by atoms with Gasteiger partial charge in [-0.2, -0.15) is 18.2 Å². The number of anilines is 2. The molecular weight excluding hydrogens is 319 g/mol. The quantitative estimate of drug-likeness (QED) is 0.873. The number of thiazole rings is 1. The maximum absolute atomic E-state index is 12.8. The first kappa shape index (κ1) is 16.4. The highest BCUT2D eigenvalue weighted by Crippen LogP contribution is 2.30. The third-order valence-corrected chi connectivity index (χ3v) is 3.52. The normalized spacial score (nSPS) is 11.5. The van der Waals surface area contributed by atoms with Gasteiger partial charge in [-0.25, -0.2) is 9.97 Å². The number of nitrogens with one attached hydrogen (secondary N) is 1. The fourth-order valence-corrected chi connectivity index (χ4v) is 2.27. The van der Waals surface area contributed by atoms with Crippen LogP contribution >= 0.6 is 11.3 Å². The van der Waals surface area contributed by atoms with E-state index in [-0.39, 0.29) is 24.9 Å². The molecule has 0 unspecified atom stereocenters. The summed E-state index contributed by atoms with van der Waals surface area (Å²) in [4.78, 5) is 13.1. The Labute approximate surface area is 128 Å². The zero-order chi connectivity index (χ0) is 16.3. The molecule has 0 saturated heterocycles. The van der Waals surface area contributed by atoms with E-state index in [4.69, 9.17) is 5.11 Å². The molecule has 2 heterocycles. The van der Waals surface area contributed by atoms with Crippen LogP contribution < -0.4 is 10.2 Å². The fraction of sp³-hybridized carbons (Fsp3) is 0.417. The third-order valence-electron chi connectivity index (χ3n) is 2.62. The predicted octanol–water partition coefficient (Wildman–Crippen LogP) is 2.12. The van der Waals surface area contributed by atoms with E-state index in [1.807, 2.05) is 0 Å². The van der Waals surface area contributed by atoms with Crippen molar-refractivity contribution in [2.24, 2.45) is 0 Å². The molecule has 2 N–H and O–H groups in total. The van der Waals surface area contributed by atoms with Gasteiger partial charge in [0.25, 0.3) is 0 Å². The lowest BCUT2D eigenvalue weighted by Gasteiger charge is -2.15. The van der Waals surface area contributed by atoms with E-state index in [1.165, 1.54) is 16.2 Å². The van der Waals surface area contributed by atoms with Gasteiger partial charge >= 0.3 is 6.18 Å². The fourth-order valence-electron chi connectivity index (χ4n) is 1.55. The van der Waals surface area contributed by atoms with Crippen molar-refractivity contribution in [1.29, 1.82) is 0 Å². The van der Waals surface area contributed by atoms with Crippen LogP contribution in [0.5, 0.6) is 0 Å². The maximum atomic E-state index is 12.8. The summed E-state index contributed by atoms with van der Waals surface area (Å²) >= 11 is 1.29. The van der Waals surface area contributed by atoms with Crippen molar-refractivity contribution >= 4 is 23.1 Å². The Bertz CT molecular complexity index is 644. The van der Waals surface area contributed by atoms with Gasteiger partial charge in [0.15, 0.2) is 5.69 Å². The smallest absolute Gasteiger partial charge is 0.390 e. The minimum absolute atomic E-state index is 0.126. The third kappa shape index (κ3) is 4.04. The second kappa shape index (κ2) is 6.44. The Morgan fingerprint density at radius 1 is 1.27 bits per heavy atom. The van der Waals surface area contributed by atoms with Crippen molar-refractivity contribution in [3.05, 3.63) is 27.8 Å². The van der Waals surface area contributed by atoms with E-state index in [2.05, 4.69) is 20.3 Å². The number of halogens is 3. The van der Waals surface area contributed by atoms with Gasteiger partial charge in [0.2, 0.25) is 5.95 Å². The zero-order valence-corrected chi connectivity index (χ0v) is 12.7. The summed E-state index contributed by atoms with van der Waals surface area (Å²) in [6, 6.07) is 0.887. The standard InChI is InChI=1S/C12H14F3N5OS/c1-20(2)9-3-8(12(13,14)15)18-11(19-9)16-4-10-17-7(5-21)6-22-10/h3,6,21H,4-5H2,1-2H3,(H,16,18,19). The zero-order valence-electron chi connectivity index (χ0n) is 11.8. The second-order valence-electron chi connectivity index (χ2n) is 4.57. The molecular formula is C12H14F3N5OS. The van der Waals surface area contributed by atoms with Gasteiger partial charge in [-0.15, -0.1) is 11.3 Å². The van der Waals surface area contributed by atoms with E-state index >= 15 is 0 Å². The summed E-state index contributed by atoms with van der Waals surface area (Å²) in [6.07, 6.45) is -4.55. The van der Waals surface area contributed by atoms with E-state index < -0.39 is 11.9 Å². The molecule has 0 aliphatic carbocycles. The molecule has 10 heteroatoms. The number of hydrogen-bond acceptors (Lipinski definition) is 7. The molecule has 22 heavy (non-hydrogen) atoms. The van der Waals surface area contributed by atoms with Crippen molar-refractivity contribution in [2.75, 3.05) is 24.3 Å². The average molecular weight is 333 g/mol. The Kier molecular flexibility index (Phi) is 4.81. The van der Waals surface area contributed by atoms with E-state index in [0.717, 1.165) is 6.07 Å². The Morgan fingerprint density at radius 3 is 2.55 bits per heavy atom. The number of hydrogen-bond donors (Lipinski definition) is 2. The maximum Gasteiger partial charge on any atom is 0.433 e. The predicted molar refractivity (Wildman–Crippen MR) is 76.7 cm³/mol. The van der Waals surface area contributed by atoms with E-state index in [0.29, 0.717) is 10.7 Å². The molecule has 2 rings (SSSR count). The Morgan fingerprint density at radius 2 is 2.00 bits per heavy atom. The van der Waals surface area contributed by atoms with Gasteiger partial charge in [0, 0.05) is 25.5 Å². The summed E-state index contributed by atoms with van der Waals surface area (Å²) in [5.41, 5.74) is -0.496. The van der Waals surface area contributed by atoms with Crippen LogP contribution in [0.2, 0.25) is 0 Å². The van der Waals surface area contributed by atoms with Crippen molar-refractivity contribution in [3.63, 3.8) is 0 Å². The highest BCUT2D eigenvalue weighted by molar-refractivity contribution is 7.09. The number of rotatable bonds is 5. The molecule has 0 atom stereocenters. The summed E-state index contributed by atoms with van der Waals surface area (Å²) in [6.45, 7) is 0.000181. The highest BCUT2D eigenvalue weighted by Gasteiger charge is 2.34. The lowest BCUT2D eigenvalue weighted by molar-refractivity contribution is -0.141. The molecule has 0 aliphatic heterocycles. The van der Waals surface area contributed by atoms with Crippen LogP contribution in [-0.2, 0) is 19.3 Å². The van der Waals surface area contributed by atoms with Crippen LogP contribution in [0.25, 0.3) is 0 Å².